The van der Waals surface area contributed by atoms with Gasteiger partial charge in [-0.25, -0.2) is 4.98 Å². The molecule has 4 rings (SSSR count). The number of hydrogen-bond acceptors (Lipinski definition) is 5. The maximum atomic E-state index is 13.0. The second-order valence-electron chi connectivity index (χ2n) is 9.34. The summed E-state index contributed by atoms with van der Waals surface area (Å²) < 4.78 is 3.57. The average Bonchev–Trinajstić information content (AvgIpc) is 3.09. The average molecular weight is 423 g/mol. The molecule has 8 heteroatoms. The minimum atomic E-state index is -0.239. The van der Waals surface area contributed by atoms with Crippen molar-refractivity contribution in [1.82, 2.24) is 23.8 Å². The number of fused-ring (bicyclic) bond motifs is 1. The zero-order valence-electron chi connectivity index (χ0n) is 18.8. The Morgan fingerprint density at radius 2 is 1.90 bits per heavy atom. The van der Waals surface area contributed by atoms with E-state index in [-0.39, 0.29) is 28.5 Å². The standard InChI is InChI=1S/C23H30N6O2/c1-15-6-7-17(21(30)27(15)5)22(31)28-11-8-16(9-12-28)19-20(26-23(2,3)4)29-13-10-24-14-18(29)25-19/h6-7,10,13-14,16,26H,8-9,11-12H2,1-5H3. The van der Waals surface area contributed by atoms with Crippen molar-refractivity contribution in [2.24, 2.45) is 7.05 Å². The third kappa shape index (κ3) is 4.06. The number of carbonyl (C=O) groups excluding carboxylic acids is 1. The first-order valence-electron chi connectivity index (χ1n) is 10.7. The molecule has 1 N–H and O–H groups in total. The van der Waals surface area contributed by atoms with Gasteiger partial charge in [0, 0.05) is 49.7 Å². The first-order valence-corrected chi connectivity index (χ1v) is 10.7. The summed E-state index contributed by atoms with van der Waals surface area (Å²) in [5, 5.41) is 3.60. The van der Waals surface area contributed by atoms with Crippen molar-refractivity contribution in [2.45, 2.75) is 52.0 Å². The summed E-state index contributed by atoms with van der Waals surface area (Å²) in [5.41, 5.74) is 2.54. The van der Waals surface area contributed by atoms with Crippen molar-refractivity contribution in [3.63, 3.8) is 0 Å². The normalized spacial score (nSPS) is 15.5. The van der Waals surface area contributed by atoms with Crippen molar-refractivity contribution in [1.29, 1.82) is 0 Å². The van der Waals surface area contributed by atoms with Gasteiger partial charge in [0.05, 0.1) is 11.9 Å². The number of nitrogens with one attached hydrogen (secondary N) is 1. The number of piperidine rings is 1. The zero-order valence-corrected chi connectivity index (χ0v) is 18.8. The first kappa shape index (κ1) is 21.1. The molecule has 164 valence electrons. The molecule has 31 heavy (non-hydrogen) atoms. The molecular weight excluding hydrogens is 392 g/mol. The molecule has 0 aliphatic carbocycles. The van der Waals surface area contributed by atoms with E-state index in [9.17, 15) is 9.59 Å². The molecule has 1 aliphatic heterocycles. The van der Waals surface area contributed by atoms with Crippen LogP contribution in [0.1, 0.15) is 61.3 Å². The van der Waals surface area contributed by atoms with Crippen LogP contribution in [-0.4, -0.2) is 48.4 Å². The van der Waals surface area contributed by atoms with Crippen molar-refractivity contribution < 1.29 is 4.79 Å². The number of aryl methyl sites for hydroxylation is 1. The van der Waals surface area contributed by atoms with Crippen LogP contribution in [0, 0.1) is 6.92 Å². The van der Waals surface area contributed by atoms with Gasteiger partial charge in [0.1, 0.15) is 11.4 Å². The second-order valence-corrected chi connectivity index (χ2v) is 9.34. The van der Waals surface area contributed by atoms with Crippen LogP contribution in [0.25, 0.3) is 5.65 Å². The molecule has 0 spiro atoms. The van der Waals surface area contributed by atoms with Gasteiger partial charge in [-0.1, -0.05) is 0 Å². The van der Waals surface area contributed by atoms with E-state index >= 15 is 0 Å². The van der Waals surface area contributed by atoms with E-state index in [1.165, 1.54) is 4.57 Å². The molecule has 8 nitrogen and oxygen atoms in total. The number of pyridine rings is 1. The molecule has 1 amide bonds. The Hall–Kier alpha value is -3.16. The molecule has 0 radical (unpaired) electrons. The molecule has 1 fully saturated rings. The Morgan fingerprint density at radius 1 is 1.19 bits per heavy atom. The van der Waals surface area contributed by atoms with Gasteiger partial charge in [-0.2, -0.15) is 0 Å². The summed E-state index contributed by atoms with van der Waals surface area (Å²) in [4.78, 5) is 36.4. The lowest BCUT2D eigenvalue weighted by Crippen LogP contribution is -2.41. The van der Waals surface area contributed by atoms with Gasteiger partial charge in [0.25, 0.3) is 11.5 Å². The number of hydrogen-bond donors (Lipinski definition) is 1. The van der Waals surface area contributed by atoms with Crippen molar-refractivity contribution in [2.75, 3.05) is 18.4 Å². The van der Waals surface area contributed by atoms with Gasteiger partial charge < -0.3 is 14.8 Å². The molecule has 3 aromatic heterocycles. The van der Waals surface area contributed by atoms with E-state index in [1.54, 1.807) is 30.4 Å². The van der Waals surface area contributed by atoms with Crippen LogP contribution in [0.3, 0.4) is 0 Å². The molecule has 0 atom stereocenters. The molecule has 3 aromatic rings. The molecule has 0 unspecified atom stereocenters. The Bertz CT molecular complexity index is 1180. The van der Waals surface area contributed by atoms with Crippen LogP contribution < -0.4 is 10.9 Å². The highest BCUT2D eigenvalue weighted by Gasteiger charge is 2.30. The van der Waals surface area contributed by atoms with E-state index in [2.05, 4.69) is 31.1 Å². The number of rotatable bonds is 3. The third-order valence-corrected chi connectivity index (χ3v) is 5.91. The maximum absolute atomic E-state index is 13.0. The number of aromatic nitrogens is 4. The maximum Gasteiger partial charge on any atom is 0.263 e. The number of amides is 1. The topological polar surface area (TPSA) is 84.5 Å². The Kier molecular flexibility index (Phi) is 5.33. The van der Waals surface area contributed by atoms with Gasteiger partial charge in [-0.05, 0) is 52.7 Å². The summed E-state index contributed by atoms with van der Waals surface area (Å²) >= 11 is 0. The largest absolute Gasteiger partial charge is 0.365 e. The second kappa shape index (κ2) is 7.83. The minimum absolute atomic E-state index is 0.115. The number of likely N-dealkylation sites (tertiary alicyclic amines) is 1. The van der Waals surface area contributed by atoms with Gasteiger partial charge in [-0.15, -0.1) is 0 Å². The summed E-state index contributed by atoms with van der Waals surface area (Å²) in [6, 6.07) is 3.46. The van der Waals surface area contributed by atoms with E-state index < -0.39 is 0 Å². The van der Waals surface area contributed by atoms with Crippen molar-refractivity contribution in [3.8, 4) is 0 Å². The van der Waals surface area contributed by atoms with Crippen LogP contribution in [-0.2, 0) is 7.05 Å². The highest BCUT2D eigenvalue weighted by Crippen LogP contribution is 2.34. The molecule has 1 aliphatic rings. The van der Waals surface area contributed by atoms with Crippen LogP contribution in [0.5, 0.6) is 0 Å². The quantitative estimate of drug-likeness (QED) is 0.702. The summed E-state index contributed by atoms with van der Waals surface area (Å²) in [7, 11) is 1.70. The molecule has 4 heterocycles. The molecule has 0 aromatic carbocycles. The number of nitrogens with zero attached hydrogens (tertiary/aromatic N) is 5. The monoisotopic (exact) mass is 422 g/mol. The Morgan fingerprint density at radius 3 is 2.58 bits per heavy atom. The highest BCUT2D eigenvalue weighted by molar-refractivity contribution is 5.94. The first-order chi connectivity index (χ1) is 14.7. The van der Waals surface area contributed by atoms with E-state index in [1.807, 2.05) is 23.6 Å². The fraction of sp³-hybridized carbons (Fsp3) is 0.478. The predicted molar refractivity (Wildman–Crippen MR) is 121 cm³/mol. The fourth-order valence-electron chi connectivity index (χ4n) is 4.11. The van der Waals surface area contributed by atoms with Gasteiger partial charge in [0.15, 0.2) is 5.65 Å². The van der Waals surface area contributed by atoms with Gasteiger partial charge in [-0.3, -0.25) is 19.0 Å². The minimum Gasteiger partial charge on any atom is -0.365 e. The van der Waals surface area contributed by atoms with Crippen LogP contribution in [0.4, 0.5) is 5.82 Å². The van der Waals surface area contributed by atoms with Crippen LogP contribution in [0.2, 0.25) is 0 Å². The summed E-state index contributed by atoms with van der Waals surface area (Å²) in [6.07, 6.45) is 7.05. The van der Waals surface area contributed by atoms with E-state index in [4.69, 9.17) is 4.98 Å². The van der Waals surface area contributed by atoms with Crippen LogP contribution in [0.15, 0.2) is 35.5 Å². The lowest BCUT2D eigenvalue weighted by molar-refractivity contribution is 0.0710. The number of imidazole rings is 1. The molecular formula is C23H30N6O2. The van der Waals surface area contributed by atoms with E-state index in [0.717, 1.165) is 35.7 Å². The van der Waals surface area contributed by atoms with Gasteiger partial charge in [0.2, 0.25) is 0 Å². The Balaban J connectivity index is 1.56. The van der Waals surface area contributed by atoms with Crippen LogP contribution >= 0.6 is 0 Å². The molecule has 1 saturated heterocycles. The van der Waals surface area contributed by atoms with Crippen molar-refractivity contribution in [3.05, 3.63) is 58.0 Å². The lowest BCUT2D eigenvalue weighted by atomic mass is 9.92. The molecule has 0 saturated carbocycles. The number of carbonyl (C=O) groups is 1. The SMILES string of the molecule is Cc1ccc(C(=O)N2CCC(c3nc4cnccn4c3NC(C)(C)C)CC2)c(=O)n1C. The smallest absolute Gasteiger partial charge is 0.263 e. The Labute approximate surface area is 181 Å². The predicted octanol–water partition coefficient (Wildman–Crippen LogP) is 2.97. The van der Waals surface area contributed by atoms with Gasteiger partial charge >= 0.3 is 0 Å². The fourth-order valence-corrected chi connectivity index (χ4v) is 4.11. The highest BCUT2D eigenvalue weighted by atomic mass is 16.2. The third-order valence-electron chi connectivity index (χ3n) is 5.91. The summed E-state index contributed by atoms with van der Waals surface area (Å²) in [5.74, 6) is 1.03. The summed E-state index contributed by atoms with van der Waals surface area (Å²) in [6.45, 7) is 9.43. The van der Waals surface area contributed by atoms with E-state index in [0.29, 0.717) is 13.1 Å². The lowest BCUT2D eigenvalue weighted by Gasteiger charge is -2.32. The van der Waals surface area contributed by atoms with Crippen molar-refractivity contribution >= 4 is 17.4 Å². The molecule has 0 bridgehead atoms. The zero-order chi connectivity index (χ0) is 22.3. The number of anilines is 1.